The molecule has 2 nitrogen and oxygen atoms in total. The molecule has 15 heavy (non-hydrogen) atoms. The van der Waals surface area contributed by atoms with E-state index >= 15 is 0 Å². The van der Waals surface area contributed by atoms with Crippen molar-refractivity contribution in [1.29, 1.82) is 0 Å². The number of nitrogens with two attached hydrogens (primary N) is 1. The zero-order valence-electron chi connectivity index (χ0n) is 9.57. The van der Waals surface area contributed by atoms with Crippen LogP contribution >= 0.6 is 11.3 Å². The molecule has 1 aliphatic carbocycles. The molecule has 2 rings (SSSR count). The fourth-order valence-corrected chi connectivity index (χ4v) is 3.39. The van der Waals surface area contributed by atoms with Crippen LogP contribution in [0.2, 0.25) is 0 Å². The van der Waals surface area contributed by atoms with E-state index in [4.69, 9.17) is 5.73 Å². The van der Waals surface area contributed by atoms with E-state index in [-0.39, 0.29) is 6.04 Å². The Morgan fingerprint density at radius 1 is 1.60 bits per heavy atom. The van der Waals surface area contributed by atoms with Gasteiger partial charge in [-0.05, 0) is 32.1 Å². The Labute approximate surface area is 95.9 Å². The van der Waals surface area contributed by atoms with Crippen molar-refractivity contribution < 1.29 is 0 Å². The summed E-state index contributed by atoms with van der Waals surface area (Å²) >= 11 is 1.81. The number of nitrogens with zero attached hydrogens (tertiary/aromatic N) is 1. The van der Waals surface area contributed by atoms with Crippen molar-refractivity contribution in [3.05, 3.63) is 16.1 Å². The third-order valence-electron chi connectivity index (χ3n) is 3.46. The quantitative estimate of drug-likeness (QED) is 0.854. The molecule has 0 bridgehead atoms. The second-order valence-electron chi connectivity index (χ2n) is 4.67. The molecule has 3 unspecified atom stereocenters. The summed E-state index contributed by atoms with van der Waals surface area (Å²) in [6.07, 6.45) is 7.33. The molecule has 2 N–H and O–H groups in total. The van der Waals surface area contributed by atoms with E-state index in [1.807, 2.05) is 24.5 Å². The van der Waals surface area contributed by atoms with Gasteiger partial charge in [-0.1, -0.05) is 13.3 Å². The van der Waals surface area contributed by atoms with Crippen LogP contribution < -0.4 is 5.73 Å². The minimum atomic E-state index is 0.139. The molecule has 0 spiro atoms. The number of rotatable bonds is 3. The van der Waals surface area contributed by atoms with Gasteiger partial charge in [0.2, 0.25) is 0 Å². The number of hydrogen-bond acceptors (Lipinski definition) is 3. The minimum absolute atomic E-state index is 0.139. The van der Waals surface area contributed by atoms with E-state index in [1.54, 1.807) is 0 Å². The Balaban J connectivity index is 2.04. The maximum atomic E-state index is 5.85. The average molecular weight is 224 g/mol. The summed E-state index contributed by atoms with van der Waals surface area (Å²) in [5.41, 5.74) is 5.85. The lowest BCUT2D eigenvalue weighted by Gasteiger charge is -2.06. The lowest BCUT2D eigenvalue weighted by Crippen LogP contribution is -2.01. The summed E-state index contributed by atoms with van der Waals surface area (Å²) in [7, 11) is 0. The topological polar surface area (TPSA) is 38.9 Å². The molecule has 0 saturated heterocycles. The summed E-state index contributed by atoms with van der Waals surface area (Å²) < 4.78 is 0. The Morgan fingerprint density at radius 3 is 2.93 bits per heavy atom. The van der Waals surface area contributed by atoms with Crippen LogP contribution in [0.3, 0.4) is 0 Å². The molecule has 3 heteroatoms. The molecular weight excluding hydrogens is 204 g/mol. The van der Waals surface area contributed by atoms with Gasteiger partial charge < -0.3 is 5.73 Å². The summed E-state index contributed by atoms with van der Waals surface area (Å²) in [5, 5.41) is 1.32. The van der Waals surface area contributed by atoms with Crippen LogP contribution in [-0.2, 0) is 0 Å². The molecule has 0 amide bonds. The van der Waals surface area contributed by atoms with Crippen LogP contribution in [0.1, 0.15) is 61.4 Å². The van der Waals surface area contributed by atoms with Gasteiger partial charge in [-0.3, -0.25) is 0 Å². The highest BCUT2D eigenvalue weighted by Gasteiger charge is 2.26. The third-order valence-corrected chi connectivity index (χ3v) is 4.82. The average Bonchev–Trinajstić information content (AvgIpc) is 2.86. The zero-order valence-corrected chi connectivity index (χ0v) is 10.4. The maximum Gasteiger partial charge on any atom is 0.0959 e. The largest absolute Gasteiger partial charge is 0.323 e. The van der Waals surface area contributed by atoms with E-state index < -0.39 is 0 Å². The predicted octanol–water partition coefficient (Wildman–Crippen LogP) is 3.46. The second kappa shape index (κ2) is 4.62. The Hall–Kier alpha value is -0.410. The number of aromatic nitrogens is 1. The Bertz CT molecular complexity index is 319. The molecule has 3 atom stereocenters. The summed E-state index contributed by atoms with van der Waals surface area (Å²) in [6.45, 7) is 4.32. The van der Waals surface area contributed by atoms with Gasteiger partial charge in [-0.2, -0.15) is 0 Å². The first-order valence-corrected chi connectivity index (χ1v) is 6.73. The summed E-state index contributed by atoms with van der Waals surface area (Å²) in [5.74, 6) is 1.64. The third kappa shape index (κ3) is 2.40. The van der Waals surface area contributed by atoms with E-state index in [9.17, 15) is 0 Å². The van der Waals surface area contributed by atoms with Crippen molar-refractivity contribution in [2.24, 2.45) is 11.7 Å². The molecule has 1 aliphatic rings. The van der Waals surface area contributed by atoms with Crippen molar-refractivity contribution >= 4 is 11.3 Å². The van der Waals surface area contributed by atoms with Gasteiger partial charge >= 0.3 is 0 Å². The van der Waals surface area contributed by atoms with E-state index in [0.29, 0.717) is 5.92 Å². The van der Waals surface area contributed by atoms with Crippen LogP contribution in [0.15, 0.2) is 6.20 Å². The zero-order chi connectivity index (χ0) is 10.8. The molecule has 84 valence electrons. The van der Waals surface area contributed by atoms with Gasteiger partial charge in [0, 0.05) is 23.0 Å². The fourth-order valence-electron chi connectivity index (χ4n) is 2.37. The molecule has 1 heterocycles. The standard InChI is InChI=1S/C12H20N2S/c1-3-9-4-5-10(6-9)12-14-7-11(15-12)8(2)13/h7-10H,3-6,13H2,1-2H3. The van der Waals surface area contributed by atoms with Crippen LogP contribution in [-0.4, -0.2) is 4.98 Å². The monoisotopic (exact) mass is 224 g/mol. The molecule has 0 aliphatic heterocycles. The Kier molecular flexibility index (Phi) is 3.42. The molecule has 1 aromatic rings. The highest BCUT2D eigenvalue weighted by Crippen LogP contribution is 2.41. The maximum absolute atomic E-state index is 5.85. The lowest BCUT2D eigenvalue weighted by atomic mass is 10.0. The molecule has 0 radical (unpaired) electrons. The van der Waals surface area contributed by atoms with Crippen molar-refractivity contribution in [2.45, 2.75) is 51.5 Å². The van der Waals surface area contributed by atoms with Gasteiger partial charge in [0.25, 0.3) is 0 Å². The smallest absolute Gasteiger partial charge is 0.0959 e. The SMILES string of the molecule is CCC1CCC(c2ncc(C(C)N)s2)C1. The first-order valence-electron chi connectivity index (χ1n) is 5.92. The summed E-state index contributed by atoms with van der Waals surface area (Å²) in [6, 6.07) is 0.139. The van der Waals surface area contributed by atoms with E-state index in [1.165, 1.54) is 35.6 Å². The van der Waals surface area contributed by atoms with Gasteiger partial charge in [0.1, 0.15) is 0 Å². The molecule has 0 aromatic carbocycles. The van der Waals surface area contributed by atoms with Gasteiger partial charge in [-0.15, -0.1) is 11.3 Å². The first-order chi connectivity index (χ1) is 7.20. The normalized spacial score (nSPS) is 28.2. The molecule has 1 fully saturated rings. The number of hydrogen-bond donors (Lipinski definition) is 1. The minimum Gasteiger partial charge on any atom is -0.323 e. The highest BCUT2D eigenvalue weighted by atomic mass is 32.1. The van der Waals surface area contributed by atoms with E-state index in [0.717, 1.165) is 5.92 Å². The Morgan fingerprint density at radius 2 is 2.40 bits per heavy atom. The van der Waals surface area contributed by atoms with Crippen molar-refractivity contribution in [1.82, 2.24) is 4.98 Å². The predicted molar refractivity (Wildman–Crippen MR) is 65.1 cm³/mol. The highest BCUT2D eigenvalue weighted by molar-refractivity contribution is 7.11. The summed E-state index contributed by atoms with van der Waals surface area (Å²) in [4.78, 5) is 5.75. The van der Waals surface area contributed by atoms with Crippen LogP contribution in [0.5, 0.6) is 0 Å². The van der Waals surface area contributed by atoms with Crippen molar-refractivity contribution in [3.8, 4) is 0 Å². The lowest BCUT2D eigenvalue weighted by molar-refractivity contribution is 0.521. The van der Waals surface area contributed by atoms with Crippen LogP contribution in [0, 0.1) is 5.92 Å². The fraction of sp³-hybridized carbons (Fsp3) is 0.750. The second-order valence-corrected chi connectivity index (χ2v) is 5.77. The van der Waals surface area contributed by atoms with Crippen molar-refractivity contribution in [3.63, 3.8) is 0 Å². The van der Waals surface area contributed by atoms with Crippen molar-refractivity contribution in [2.75, 3.05) is 0 Å². The first kappa shape index (κ1) is 11.1. The van der Waals surface area contributed by atoms with Gasteiger partial charge in [0.05, 0.1) is 5.01 Å². The van der Waals surface area contributed by atoms with Crippen LogP contribution in [0.4, 0.5) is 0 Å². The van der Waals surface area contributed by atoms with E-state index in [2.05, 4.69) is 11.9 Å². The van der Waals surface area contributed by atoms with Gasteiger partial charge in [0.15, 0.2) is 0 Å². The molecule has 1 saturated carbocycles. The molecule has 1 aromatic heterocycles. The molecular formula is C12H20N2S. The number of thiazole rings is 1. The van der Waals surface area contributed by atoms with Gasteiger partial charge in [-0.25, -0.2) is 4.98 Å². The van der Waals surface area contributed by atoms with Crippen LogP contribution in [0.25, 0.3) is 0 Å².